The number of hydrogen-bond donors (Lipinski definition) is 1. The maximum Gasteiger partial charge on any atom is 0.142 e. The summed E-state index contributed by atoms with van der Waals surface area (Å²) in [6, 6.07) is 5.43. The van der Waals surface area contributed by atoms with Crippen molar-refractivity contribution in [2.24, 2.45) is 0 Å². The van der Waals surface area contributed by atoms with E-state index in [1.165, 1.54) is 0 Å². The van der Waals surface area contributed by atoms with Crippen molar-refractivity contribution in [2.45, 2.75) is 12.8 Å². The Bertz CT molecular complexity index is 339. The molecule has 0 spiro atoms. The summed E-state index contributed by atoms with van der Waals surface area (Å²) in [5, 5.41) is 1.07. The van der Waals surface area contributed by atoms with Gasteiger partial charge in [-0.1, -0.05) is 35.3 Å². The summed E-state index contributed by atoms with van der Waals surface area (Å²) in [6.07, 6.45) is 1.09. The van der Waals surface area contributed by atoms with Crippen molar-refractivity contribution >= 4 is 41.6 Å². The van der Waals surface area contributed by atoms with Crippen molar-refractivity contribution in [2.75, 3.05) is 5.75 Å². The van der Waals surface area contributed by atoms with Crippen molar-refractivity contribution < 1.29 is 4.79 Å². The zero-order valence-corrected chi connectivity index (χ0v) is 9.87. The Morgan fingerprint density at radius 3 is 2.71 bits per heavy atom. The van der Waals surface area contributed by atoms with Crippen molar-refractivity contribution in [3.8, 4) is 0 Å². The Balaban J connectivity index is 2.68. The van der Waals surface area contributed by atoms with Gasteiger partial charge in [-0.05, 0) is 18.1 Å². The molecule has 1 aromatic rings. The number of aryl methyl sites for hydroxylation is 1. The van der Waals surface area contributed by atoms with Crippen LogP contribution in [0.4, 0.5) is 0 Å². The highest BCUT2D eigenvalue weighted by Gasteiger charge is 2.06. The molecule has 0 aromatic heterocycles. The quantitative estimate of drug-likeness (QED) is 0.809. The Morgan fingerprint density at radius 2 is 2.07 bits per heavy atom. The summed E-state index contributed by atoms with van der Waals surface area (Å²) in [5.74, 6) is 0.391. The third kappa shape index (κ3) is 3.19. The van der Waals surface area contributed by atoms with Crippen molar-refractivity contribution in [1.82, 2.24) is 0 Å². The lowest BCUT2D eigenvalue weighted by molar-refractivity contribution is -0.116. The van der Waals surface area contributed by atoms with Crippen LogP contribution in [0.25, 0.3) is 0 Å². The minimum absolute atomic E-state index is 0.115. The van der Waals surface area contributed by atoms with E-state index < -0.39 is 0 Å². The van der Waals surface area contributed by atoms with Gasteiger partial charge in [0, 0.05) is 12.2 Å². The highest BCUT2D eigenvalue weighted by atomic mass is 35.5. The van der Waals surface area contributed by atoms with E-state index in [1.54, 1.807) is 6.07 Å². The third-order valence-electron chi connectivity index (χ3n) is 1.88. The molecule has 0 amide bonds. The first-order valence-electron chi connectivity index (χ1n) is 4.20. The molecule has 0 aliphatic carbocycles. The van der Waals surface area contributed by atoms with Gasteiger partial charge in [-0.3, -0.25) is 4.79 Å². The number of Topliss-reactive ketones (excluding diaryl/α,β-unsaturated/α-hetero) is 1. The van der Waals surface area contributed by atoms with Crippen LogP contribution in [-0.4, -0.2) is 11.5 Å². The molecule has 1 aromatic carbocycles. The number of halogens is 2. The number of carbonyl (C=O) groups excluding carboxylic acids is 1. The highest BCUT2D eigenvalue weighted by Crippen LogP contribution is 2.26. The lowest BCUT2D eigenvalue weighted by atomic mass is 10.1. The third-order valence-corrected chi connectivity index (χ3v) is 3.09. The van der Waals surface area contributed by atoms with Gasteiger partial charge in [0.25, 0.3) is 0 Å². The standard InChI is InChI=1S/C10H10Cl2OS/c11-9-3-1-2-7(10(9)12)4-5-8(13)6-14/h1-3,14H,4-6H2. The average Bonchev–Trinajstić information content (AvgIpc) is 2.20. The summed E-state index contributed by atoms with van der Waals surface area (Å²) in [5.41, 5.74) is 0.911. The second kappa shape index (κ2) is 5.64. The van der Waals surface area contributed by atoms with Gasteiger partial charge in [-0.2, -0.15) is 12.6 Å². The first kappa shape index (κ1) is 11.9. The van der Waals surface area contributed by atoms with E-state index in [0.717, 1.165) is 5.56 Å². The topological polar surface area (TPSA) is 17.1 Å². The van der Waals surface area contributed by atoms with Crippen LogP contribution in [0.1, 0.15) is 12.0 Å². The lowest BCUT2D eigenvalue weighted by Gasteiger charge is -2.04. The van der Waals surface area contributed by atoms with E-state index in [0.29, 0.717) is 22.9 Å². The lowest BCUT2D eigenvalue weighted by Crippen LogP contribution is -2.01. The maximum absolute atomic E-state index is 11.0. The minimum atomic E-state index is 0.115. The second-order valence-electron chi connectivity index (χ2n) is 2.91. The van der Waals surface area contributed by atoms with Crippen LogP contribution < -0.4 is 0 Å². The molecule has 0 aliphatic rings. The largest absolute Gasteiger partial charge is 0.299 e. The minimum Gasteiger partial charge on any atom is -0.299 e. The SMILES string of the molecule is O=C(CS)CCc1cccc(Cl)c1Cl. The highest BCUT2D eigenvalue weighted by molar-refractivity contribution is 7.81. The number of rotatable bonds is 4. The van der Waals surface area contributed by atoms with Gasteiger partial charge in [0.1, 0.15) is 5.78 Å². The molecule has 0 aliphatic heterocycles. The van der Waals surface area contributed by atoms with Crippen LogP contribution >= 0.6 is 35.8 Å². The molecule has 14 heavy (non-hydrogen) atoms. The average molecular weight is 249 g/mol. The Morgan fingerprint density at radius 1 is 1.36 bits per heavy atom. The molecule has 0 saturated heterocycles. The zero-order valence-electron chi connectivity index (χ0n) is 7.46. The molecule has 0 radical (unpaired) electrons. The van der Waals surface area contributed by atoms with Crippen LogP contribution in [0.15, 0.2) is 18.2 Å². The first-order valence-corrected chi connectivity index (χ1v) is 5.59. The van der Waals surface area contributed by atoms with Crippen molar-refractivity contribution in [3.05, 3.63) is 33.8 Å². The van der Waals surface area contributed by atoms with E-state index >= 15 is 0 Å². The van der Waals surface area contributed by atoms with Gasteiger partial charge in [0.2, 0.25) is 0 Å². The molecular formula is C10H10Cl2OS. The molecule has 1 nitrogen and oxygen atoms in total. The predicted molar refractivity (Wildman–Crippen MR) is 63.6 cm³/mol. The monoisotopic (exact) mass is 248 g/mol. The Kier molecular flexibility index (Phi) is 4.79. The number of benzene rings is 1. The van der Waals surface area contributed by atoms with Crippen LogP contribution in [0.5, 0.6) is 0 Å². The summed E-state index contributed by atoms with van der Waals surface area (Å²) >= 11 is 15.7. The van der Waals surface area contributed by atoms with E-state index in [4.69, 9.17) is 23.2 Å². The normalized spacial score (nSPS) is 10.2. The summed E-state index contributed by atoms with van der Waals surface area (Å²) in [6.45, 7) is 0. The van der Waals surface area contributed by atoms with Crippen LogP contribution in [0, 0.1) is 0 Å². The molecule has 0 N–H and O–H groups in total. The zero-order chi connectivity index (χ0) is 10.6. The number of hydrogen-bond acceptors (Lipinski definition) is 2. The van der Waals surface area contributed by atoms with E-state index in [9.17, 15) is 4.79 Å². The van der Waals surface area contributed by atoms with Crippen molar-refractivity contribution in [3.63, 3.8) is 0 Å². The number of ketones is 1. The van der Waals surface area contributed by atoms with Crippen molar-refractivity contribution in [1.29, 1.82) is 0 Å². The number of thiol groups is 1. The molecule has 0 atom stereocenters. The van der Waals surface area contributed by atoms with Gasteiger partial charge in [-0.15, -0.1) is 0 Å². The first-order chi connectivity index (χ1) is 6.65. The van der Waals surface area contributed by atoms with Crippen LogP contribution in [-0.2, 0) is 11.2 Å². The second-order valence-corrected chi connectivity index (χ2v) is 4.01. The summed E-state index contributed by atoms with van der Waals surface area (Å²) in [4.78, 5) is 11.0. The molecule has 76 valence electrons. The molecule has 0 saturated carbocycles. The maximum atomic E-state index is 11.0. The van der Waals surface area contributed by atoms with Crippen LogP contribution in [0.2, 0.25) is 10.0 Å². The van der Waals surface area contributed by atoms with E-state index in [1.807, 2.05) is 12.1 Å². The molecule has 0 heterocycles. The molecule has 0 bridgehead atoms. The van der Waals surface area contributed by atoms with Gasteiger partial charge < -0.3 is 0 Å². The van der Waals surface area contributed by atoms with Gasteiger partial charge in [-0.25, -0.2) is 0 Å². The Labute approximate surface area is 98.8 Å². The molecule has 4 heteroatoms. The fourth-order valence-electron chi connectivity index (χ4n) is 1.09. The summed E-state index contributed by atoms with van der Waals surface area (Å²) in [7, 11) is 0. The smallest absolute Gasteiger partial charge is 0.142 e. The van der Waals surface area contributed by atoms with Gasteiger partial charge in [0.15, 0.2) is 0 Å². The summed E-state index contributed by atoms with van der Waals surface area (Å²) < 4.78 is 0. The van der Waals surface area contributed by atoms with Crippen LogP contribution in [0.3, 0.4) is 0 Å². The molecule has 0 fully saturated rings. The number of carbonyl (C=O) groups is 1. The fourth-order valence-corrected chi connectivity index (χ4v) is 1.67. The Hall–Kier alpha value is -0.180. The van der Waals surface area contributed by atoms with E-state index in [2.05, 4.69) is 12.6 Å². The van der Waals surface area contributed by atoms with Gasteiger partial charge >= 0.3 is 0 Å². The molecule has 1 rings (SSSR count). The van der Waals surface area contributed by atoms with Gasteiger partial charge in [0.05, 0.1) is 10.0 Å². The predicted octanol–water partition coefficient (Wildman–Crippen LogP) is 3.42. The fraction of sp³-hybridized carbons (Fsp3) is 0.300. The van der Waals surface area contributed by atoms with E-state index in [-0.39, 0.29) is 11.5 Å². The molecule has 0 unspecified atom stereocenters. The molecular weight excluding hydrogens is 239 g/mol.